The van der Waals surface area contributed by atoms with Gasteiger partial charge in [0.2, 0.25) is 5.88 Å². The SMILES string of the molecule is O=c1c(C(c2ccccc2)c2ccccc2)c(O)n(-c2ccccc2)c(=O)n1-c1ccccc1. The van der Waals surface area contributed by atoms with Crippen LogP contribution in [0.25, 0.3) is 11.4 Å². The Morgan fingerprint density at radius 3 is 1.35 bits per heavy atom. The summed E-state index contributed by atoms with van der Waals surface area (Å²) in [5.74, 6) is -0.952. The normalized spacial score (nSPS) is 11.0. The number of aromatic hydroxyl groups is 1. The standard InChI is InChI=1S/C29H22N2O3/c32-27-26(25(21-13-5-1-6-14-21)22-15-7-2-8-16-22)28(33)31(24-19-11-4-12-20-24)29(34)30(27)23-17-9-3-10-18-23/h1-20,25,32H. The Labute approximate surface area is 196 Å². The van der Waals surface area contributed by atoms with Crippen LogP contribution in [-0.4, -0.2) is 14.2 Å². The molecule has 5 heteroatoms. The van der Waals surface area contributed by atoms with Gasteiger partial charge in [-0.15, -0.1) is 0 Å². The Morgan fingerprint density at radius 1 is 0.529 bits per heavy atom. The molecule has 5 rings (SSSR count). The predicted octanol–water partition coefficient (Wildman–Crippen LogP) is 4.87. The van der Waals surface area contributed by atoms with Crippen molar-refractivity contribution in [2.75, 3.05) is 0 Å². The van der Waals surface area contributed by atoms with Gasteiger partial charge in [0, 0.05) is 5.92 Å². The molecule has 5 nitrogen and oxygen atoms in total. The van der Waals surface area contributed by atoms with Crippen LogP contribution in [0.4, 0.5) is 0 Å². The summed E-state index contributed by atoms with van der Waals surface area (Å²) < 4.78 is 2.32. The molecule has 4 aromatic carbocycles. The number of aromatic nitrogens is 2. The summed E-state index contributed by atoms with van der Waals surface area (Å²) >= 11 is 0. The second-order valence-corrected chi connectivity index (χ2v) is 7.92. The molecule has 0 amide bonds. The second kappa shape index (κ2) is 9.08. The molecule has 0 atom stereocenters. The number of hydrogen-bond donors (Lipinski definition) is 1. The second-order valence-electron chi connectivity index (χ2n) is 7.92. The van der Waals surface area contributed by atoms with E-state index in [4.69, 9.17) is 0 Å². The van der Waals surface area contributed by atoms with Gasteiger partial charge in [-0.3, -0.25) is 4.79 Å². The van der Waals surface area contributed by atoms with E-state index in [9.17, 15) is 14.7 Å². The van der Waals surface area contributed by atoms with Gasteiger partial charge in [0.15, 0.2) is 0 Å². The average Bonchev–Trinajstić information content (AvgIpc) is 2.89. The molecular weight excluding hydrogens is 424 g/mol. The van der Waals surface area contributed by atoms with Crippen molar-refractivity contribution in [3.05, 3.63) is 159 Å². The Hall–Kier alpha value is -4.64. The van der Waals surface area contributed by atoms with Gasteiger partial charge in [0.25, 0.3) is 5.56 Å². The summed E-state index contributed by atoms with van der Waals surface area (Å²) in [6.45, 7) is 0. The highest BCUT2D eigenvalue weighted by molar-refractivity contribution is 5.49. The van der Waals surface area contributed by atoms with Crippen molar-refractivity contribution < 1.29 is 5.11 Å². The molecule has 1 N–H and O–H groups in total. The minimum Gasteiger partial charge on any atom is -0.494 e. The first-order chi connectivity index (χ1) is 16.7. The van der Waals surface area contributed by atoms with E-state index in [-0.39, 0.29) is 11.4 Å². The summed E-state index contributed by atoms with van der Waals surface area (Å²) in [4.78, 5) is 27.6. The molecule has 0 saturated heterocycles. The maximum atomic E-state index is 14.0. The fourth-order valence-corrected chi connectivity index (χ4v) is 4.30. The number of benzene rings is 4. The highest BCUT2D eigenvalue weighted by atomic mass is 16.3. The van der Waals surface area contributed by atoms with Gasteiger partial charge in [-0.2, -0.15) is 0 Å². The first kappa shape index (κ1) is 21.2. The van der Waals surface area contributed by atoms with Crippen LogP contribution in [-0.2, 0) is 0 Å². The zero-order valence-electron chi connectivity index (χ0n) is 18.3. The third-order valence-electron chi connectivity index (χ3n) is 5.85. The molecule has 5 aromatic rings. The van der Waals surface area contributed by atoms with E-state index < -0.39 is 17.2 Å². The molecule has 1 aromatic heterocycles. The lowest BCUT2D eigenvalue weighted by atomic mass is 9.86. The predicted molar refractivity (Wildman–Crippen MR) is 133 cm³/mol. The van der Waals surface area contributed by atoms with Gasteiger partial charge in [-0.1, -0.05) is 97.1 Å². The van der Waals surface area contributed by atoms with Crippen LogP contribution in [0.5, 0.6) is 5.88 Å². The van der Waals surface area contributed by atoms with E-state index in [1.807, 2.05) is 72.8 Å². The van der Waals surface area contributed by atoms with E-state index in [0.29, 0.717) is 11.4 Å². The molecule has 166 valence electrons. The first-order valence-corrected chi connectivity index (χ1v) is 11.0. The monoisotopic (exact) mass is 446 g/mol. The van der Waals surface area contributed by atoms with Crippen LogP contribution in [0.15, 0.2) is 131 Å². The third-order valence-corrected chi connectivity index (χ3v) is 5.85. The zero-order chi connectivity index (χ0) is 23.5. The van der Waals surface area contributed by atoms with Gasteiger partial charge in [0.05, 0.1) is 16.9 Å². The molecular formula is C29H22N2O3. The van der Waals surface area contributed by atoms with E-state index in [1.165, 1.54) is 4.57 Å². The fraction of sp³-hybridized carbons (Fsp3) is 0.0345. The van der Waals surface area contributed by atoms with Crippen LogP contribution in [0, 0.1) is 0 Å². The largest absolute Gasteiger partial charge is 0.494 e. The van der Waals surface area contributed by atoms with E-state index in [1.54, 1.807) is 48.5 Å². The molecule has 0 aliphatic heterocycles. The maximum Gasteiger partial charge on any atom is 0.343 e. The van der Waals surface area contributed by atoms with E-state index >= 15 is 0 Å². The quantitative estimate of drug-likeness (QED) is 0.419. The van der Waals surface area contributed by atoms with Crippen molar-refractivity contribution in [1.29, 1.82) is 0 Å². The number of hydrogen-bond acceptors (Lipinski definition) is 3. The zero-order valence-corrected chi connectivity index (χ0v) is 18.3. The van der Waals surface area contributed by atoms with Crippen LogP contribution in [0.1, 0.15) is 22.6 Å². The Balaban J connectivity index is 1.92. The number of rotatable bonds is 5. The lowest BCUT2D eigenvalue weighted by Gasteiger charge is -2.22. The Bertz CT molecular complexity index is 1490. The van der Waals surface area contributed by atoms with Crippen LogP contribution in [0.3, 0.4) is 0 Å². The molecule has 0 spiro atoms. The van der Waals surface area contributed by atoms with Crippen molar-refractivity contribution >= 4 is 0 Å². The molecule has 0 radical (unpaired) electrons. The molecule has 0 saturated carbocycles. The van der Waals surface area contributed by atoms with E-state index in [2.05, 4.69) is 0 Å². The summed E-state index contributed by atoms with van der Waals surface area (Å²) in [6.07, 6.45) is 0. The summed E-state index contributed by atoms with van der Waals surface area (Å²) in [5.41, 5.74) is 1.50. The van der Waals surface area contributed by atoms with Crippen LogP contribution in [0.2, 0.25) is 0 Å². The molecule has 0 unspecified atom stereocenters. The van der Waals surface area contributed by atoms with Crippen molar-refractivity contribution in [3.63, 3.8) is 0 Å². The summed E-state index contributed by atoms with van der Waals surface area (Å²) in [5, 5.41) is 11.5. The van der Waals surface area contributed by atoms with Crippen molar-refractivity contribution in [1.82, 2.24) is 9.13 Å². The first-order valence-electron chi connectivity index (χ1n) is 11.0. The highest BCUT2D eigenvalue weighted by Crippen LogP contribution is 2.35. The van der Waals surface area contributed by atoms with Gasteiger partial charge < -0.3 is 5.11 Å². The van der Waals surface area contributed by atoms with Crippen molar-refractivity contribution in [2.24, 2.45) is 0 Å². The van der Waals surface area contributed by atoms with Crippen LogP contribution < -0.4 is 11.2 Å². The number of nitrogens with zero attached hydrogens (tertiary/aromatic N) is 2. The van der Waals surface area contributed by atoms with Crippen LogP contribution >= 0.6 is 0 Å². The Kier molecular flexibility index (Phi) is 5.67. The molecule has 0 aliphatic rings. The average molecular weight is 447 g/mol. The number of para-hydroxylation sites is 2. The van der Waals surface area contributed by atoms with Gasteiger partial charge >= 0.3 is 5.69 Å². The van der Waals surface area contributed by atoms with E-state index in [0.717, 1.165) is 15.7 Å². The minimum absolute atomic E-state index is 0.129. The lowest BCUT2D eigenvalue weighted by Crippen LogP contribution is -2.40. The maximum absolute atomic E-state index is 14.0. The lowest BCUT2D eigenvalue weighted by molar-refractivity contribution is 0.418. The van der Waals surface area contributed by atoms with Gasteiger partial charge in [-0.25, -0.2) is 13.9 Å². The summed E-state index contributed by atoms with van der Waals surface area (Å²) in [6, 6.07) is 36.7. The molecule has 0 aliphatic carbocycles. The molecule has 0 fully saturated rings. The third kappa shape index (κ3) is 3.73. The van der Waals surface area contributed by atoms with Crippen molar-refractivity contribution in [3.8, 4) is 17.3 Å². The fourth-order valence-electron chi connectivity index (χ4n) is 4.30. The molecule has 1 heterocycles. The molecule has 0 bridgehead atoms. The smallest absolute Gasteiger partial charge is 0.343 e. The highest BCUT2D eigenvalue weighted by Gasteiger charge is 2.29. The van der Waals surface area contributed by atoms with Gasteiger partial charge in [0.1, 0.15) is 0 Å². The van der Waals surface area contributed by atoms with Crippen molar-refractivity contribution in [2.45, 2.75) is 5.92 Å². The Morgan fingerprint density at radius 2 is 0.912 bits per heavy atom. The summed E-state index contributed by atoms with van der Waals surface area (Å²) in [7, 11) is 0. The minimum atomic E-state index is -0.636. The topological polar surface area (TPSA) is 64.2 Å². The van der Waals surface area contributed by atoms with Gasteiger partial charge in [-0.05, 0) is 35.4 Å². The molecule has 34 heavy (non-hydrogen) atoms.